The standard InChI is InChI=1S/C25H28O3/c1-23(2)14-15-24(3,4)21-16-19(10-11-20(21)23)25(5,28)13-12-17-6-8-18(9-7-17)22(26)27/h6-11,16,28H,14-15H2,1-5H3,(H,26,27). The van der Waals surface area contributed by atoms with Crippen molar-refractivity contribution < 1.29 is 15.0 Å². The van der Waals surface area contributed by atoms with Gasteiger partial charge in [0, 0.05) is 5.56 Å². The molecule has 1 unspecified atom stereocenters. The maximum absolute atomic E-state index is 11.0. The Hall–Kier alpha value is -2.57. The van der Waals surface area contributed by atoms with Crippen LogP contribution in [0.4, 0.5) is 0 Å². The van der Waals surface area contributed by atoms with Gasteiger partial charge in [0.05, 0.1) is 5.56 Å². The van der Waals surface area contributed by atoms with Gasteiger partial charge in [-0.15, -0.1) is 0 Å². The van der Waals surface area contributed by atoms with Gasteiger partial charge < -0.3 is 10.2 Å². The van der Waals surface area contributed by atoms with Crippen LogP contribution in [-0.2, 0) is 16.4 Å². The van der Waals surface area contributed by atoms with Crippen molar-refractivity contribution in [2.24, 2.45) is 0 Å². The number of carboxylic acids is 1. The van der Waals surface area contributed by atoms with Crippen LogP contribution in [0.3, 0.4) is 0 Å². The van der Waals surface area contributed by atoms with Crippen LogP contribution in [0, 0.1) is 11.8 Å². The van der Waals surface area contributed by atoms with Crippen LogP contribution in [0.15, 0.2) is 42.5 Å². The lowest BCUT2D eigenvalue weighted by atomic mass is 9.62. The molecule has 0 radical (unpaired) electrons. The van der Waals surface area contributed by atoms with Gasteiger partial charge >= 0.3 is 5.97 Å². The minimum Gasteiger partial charge on any atom is -0.478 e. The Bertz CT molecular complexity index is 967. The molecule has 0 aliphatic heterocycles. The third kappa shape index (κ3) is 3.84. The Labute approximate surface area is 167 Å². The molecule has 3 rings (SSSR count). The van der Waals surface area contributed by atoms with Crippen molar-refractivity contribution in [2.75, 3.05) is 0 Å². The minimum absolute atomic E-state index is 0.0665. The lowest BCUT2D eigenvalue weighted by Gasteiger charge is -2.42. The van der Waals surface area contributed by atoms with Gasteiger partial charge in [-0.3, -0.25) is 0 Å². The number of aliphatic hydroxyl groups is 1. The highest BCUT2D eigenvalue weighted by molar-refractivity contribution is 5.87. The third-order valence-electron chi connectivity index (χ3n) is 6.00. The Morgan fingerprint density at radius 3 is 2.11 bits per heavy atom. The van der Waals surface area contributed by atoms with Crippen molar-refractivity contribution in [2.45, 2.75) is 63.9 Å². The number of aromatic carboxylic acids is 1. The van der Waals surface area contributed by atoms with Gasteiger partial charge in [0.2, 0.25) is 0 Å². The summed E-state index contributed by atoms with van der Waals surface area (Å²) < 4.78 is 0. The van der Waals surface area contributed by atoms with E-state index in [-0.39, 0.29) is 16.4 Å². The Morgan fingerprint density at radius 2 is 1.54 bits per heavy atom. The van der Waals surface area contributed by atoms with Crippen LogP contribution in [-0.4, -0.2) is 16.2 Å². The van der Waals surface area contributed by atoms with E-state index < -0.39 is 11.6 Å². The first-order valence-corrected chi connectivity index (χ1v) is 9.67. The Morgan fingerprint density at radius 1 is 0.964 bits per heavy atom. The van der Waals surface area contributed by atoms with Crippen molar-refractivity contribution in [3.05, 3.63) is 70.3 Å². The molecular formula is C25H28O3. The van der Waals surface area contributed by atoms with Crippen LogP contribution >= 0.6 is 0 Å². The van der Waals surface area contributed by atoms with Crippen molar-refractivity contribution in [1.29, 1.82) is 0 Å². The summed E-state index contributed by atoms with van der Waals surface area (Å²) in [5.41, 5.74) is 3.21. The highest BCUT2D eigenvalue weighted by atomic mass is 16.4. The van der Waals surface area contributed by atoms with E-state index in [4.69, 9.17) is 5.11 Å². The Kier molecular flexibility index (Phi) is 4.89. The van der Waals surface area contributed by atoms with Crippen molar-refractivity contribution >= 4 is 5.97 Å². The first-order valence-electron chi connectivity index (χ1n) is 9.67. The molecule has 0 saturated carbocycles. The fourth-order valence-corrected chi connectivity index (χ4v) is 3.85. The zero-order valence-corrected chi connectivity index (χ0v) is 17.3. The second-order valence-corrected chi connectivity index (χ2v) is 9.23. The number of benzene rings is 2. The van der Waals surface area contributed by atoms with Gasteiger partial charge in [-0.05, 0) is 71.6 Å². The van der Waals surface area contributed by atoms with Crippen LogP contribution in [0.5, 0.6) is 0 Å². The molecule has 0 saturated heterocycles. The Balaban J connectivity index is 1.96. The largest absolute Gasteiger partial charge is 0.478 e. The molecule has 2 aromatic rings. The molecule has 2 aromatic carbocycles. The number of rotatable bonds is 2. The van der Waals surface area contributed by atoms with Crippen molar-refractivity contribution in [1.82, 2.24) is 0 Å². The monoisotopic (exact) mass is 376 g/mol. The zero-order valence-electron chi connectivity index (χ0n) is 17.3. The summed E-state index contributed by atoms with van der Waals surface area (Å²) in [6, 6.07) is 12.6. The second kappa shape index (κ2) is 6.79. The van der Waals surface area contributed by atoms with E-state index in [1.54, 1.807) is 19.1 Å². The van der Waals surface area contributed by atoms with Crippen molar-refractivity contribution in [3.8, 4) is 11.8 Å². The molecule has 0 fully saturated rings. The summed E-state index contributed by atoms with van der Waals surface area (Å²) >= 11 is 0. The van der Waals surface area contributed by atoms with E-state index in [1.165, 1.54) is 23.3 Å². The predicted molar refractivity (Wildman–Crippen MR) is 112 cm³/mol. The molecule has 2 N–H and O–H groups in total. The van der Waals surface area contributed by atoms with E-state index in [1.807, 2.05) is 6.07 Å². The van der Waals surface area contributed by atoms with Gasteiger partial charge in [0.15, 0.2) is 0 Å². The lowest BCUT2D eigenvalue weighted by Crippen LogP contribution is -2.34. The first kappa shape index (κ1) is 20.2. The van der Waals surface area contributed by atoms with E-state index >= 15 is 0 Å². The maximum atomic E-state index is 11.0. The van der Waals surface area contributed by atoms with Gasteiger partial charge in [-0.2, -0.15) is 0 Å². The van der Waals surface area contributed by atoms with Gasteiger partial charge in [0.1, 0.15) is 5.60 Å². The normalized spacial score (nSPS) is 18.9. The maximum Gasteiger partial charge on any atom is 0.335 e. The fourth-order valence-electron chi connectivity index (χ4n) is 3.85. The van der Waals surface area contributed by atoms with Crippen LogP contribution < -0.4 is 0 Å². The molecule has 1 aliphatic carbocycles. The molecule has 1 aliphatic rings. The van der Waals surface area contributed by atoms with Crippen molar-refractivity contribution in [3.63, 3.8) is 0 Å². The summed E-state index contributed by atoms with van der Waals surface area (Å²) in [7, 11) is 0. The van der Waals surface area contributed by atoms with Gasteiger partial charge in [-0.1, -0.05) is 57.7 Å². The first-order chi connectivity index (χ1) is 12.9. The summed E-state index contributed by atoms with van der Waals surface area (Å²) in [4.78, 5) is 11.0. The third-order valence-corrected chi connectivity index (χ3v) is 6.00. The molecule has 0 spiro atoms. The average Bonchev–Trinajstić information content (AvgIpc) is 2.64. The summed E-state index contributed by atoms with van der Waals surface area (Å²) in [6.45, 7) is 10.8. The molecule has 146 valence electrons. The molecule has 0 aromatic heterocycles. The van der Waals surface area contributed by atoms with Gasteiger partial charge in [-0.25, -0.2) is 4.79 Å². The van der Waals surface area contributed by atoms with E-state index in [9.17, 15) is 9.90 Å². The van der Waals surface area contributed by atoms with Crippen LogP contribution in [0.1, 0.15) is 80.1 Å². The molecular weight excluding hydrogens is 348 g/mol. The molecule has 1 atom stereocenters. The molecule has 0 amide bonds. The topological polar surface area (TPSA) is 57.5 Å². The van der Waals surface area contributed by atoms with E-state index in [2.05, 4.69) is 51.7 Å². The number of fused-ring (bicyclic) bond motifs is 1. The van der Waals surface area contributed by atoms with Gasteiger partial charge in [0.25, 0.3) is 0 Å². The smallest absolute Gasteiger partial charge is 0.335 e. The van der Waals surface area contributed by atoms with E-state index in [0.717, 1.165) is 18.4 Å². The quantitative estimate of drug-likeness (QED) is 0.726. The van der Waals surface area contributed by atoms with Crippen LogP contribution in [0.2, 0.25) is 0 Å². The molecule has 28 heavy (non-hydrogen) atoms. The highest BCUT2D eigenvalue weighted by Gasteiger charge is 2.38. The molecule has 3 nitrogen and oxygen atoms in total. The zero-order chi connectivity index (χ0) is 20.7. The minimum atomic E-state index is -1.29. The lowest BCUT2D eigenvalue weighted by molar-refractivity contribution is 0.0697. The molecule has 3 heteroatoms. The number of hydrogen-bond acceptors (Lipinski definition) is 2. The molecule has 0 heterocycles. The summed E-state index contributed by atoms with van der Waals surface area (Å²) in [5, 5.41) is 20.0. The summed E-state index contributed by atoms with van der Waals surface area (Å²) in [5.74, 6) is 4.96. The number of carboxylic acid groups (broad SMARTS) is 1. The van der Waals surface area contributed by atoms with Crippen LogP contribution in [0.25, 0.3) is 0 Å². The SMILES string of the molecule is CC(O)(C#Cc1ccc(C(=O)O)cc1)c1ccc2c(c1)C(C)(C)CCC2(C)C. The number of hydrogen-bond donors (Lipinski definition) is 2. The number of carbonyl (C=O) groups is 1. The predicted octanol–water partition coefficient (Wildman–Crippen LogP) is 4.99. The average molecular weight is 376 g/mol. The summed E-state index contributed by atoms with van der Waals surface area (Å²) in [6.07, 6.45) is 2.26. The fraction of sp³-hybridized carbons (Fsp3) is 0.400. The second-order valence-electron chi connectivity index (χ2n) is 9.23. The molecule has 0 bridgehead atoms. The van der Waals surface area contributed by atoms with E-state index in [0.29, 0.717) is 5.56 Å². The highest BCUT2D eigenvalue weighted by Crippen LogP contribution is 2.46.